The lowest BCUT2D eigenvalue weighted by atomic mass is 9.91. The Morgan fingerprint density at radius 1 is 1.14 bits per heavy atom. The third kappa shape index (κ3) is 1.99. The number of amidine groups is 1. The Morgan fingerprint density at radius 2 is 1.95 bits per heavy atom. The van der Waals surface area contributed by atoms with Crippen LogP contribution in [0.3, 0.4) is 0 Å². The fourth-order valence-corrected chi connectivity index (χ4v) is 3.25. The van der Waals surface area contributed by atoms with Crippen LogP contribution in [-0.4, -0.2) is 24.8 Å². The van der Waals surface area contributed by atoms with Crippen LogP contribution >= 0.6 is 0 Å². The average molecular weight is 291 g/mol. The predicted molar refractivity (Wildman–Crippen MR) is 89.5 cm³/mol. The van der Waals surface area contributed by atoms with Gasteiger partial charge in [0.2, 0.25) is 5.91 Å². The molecule has 2 aliphatic rings. The van der Waals surface area contributed by atoms with E-state index in [1.54, 1.807) is 0 Å². The van der Waals surface area contributed by atoms with Crippen molar-refractivity contribution in [3.63, 3.8) is 0 Å². The number of benzene rings is 2. The zero-order chi connectivity index (χ0) is 15.1. The van der Waals surface area contributed by atoms with Crippen molar-refractivity contribution in [1.29, 1.82) is 0 Å². The Bertz CT molecular complexity index is 795. The van der Waals surface area contributed by atoms with Gasteiger partial charge >= 0.3 is 0 Å². The number of aliphatic imine (C=N–C) groups is 1. The Balaban J connectivity index is 1.93. The molecule has 1 N–H and O–H groups in total. The average Bonchev–Trinajstić information content (AvgIpc) is 2.54. The summed E-state index contributed by atoms with van der Waals surface area (Å²) in [5.41, 5.74) is 5.52. The van der Waals surface area contributed by atoms with E-state index >= 15 is 0 Å². The maximum atomic E-state index is 11.3. The first-order valence-electron chi connectivity index (χ1n) is 7.57. The fourth-order valence-electron chi connectivity index (χ4n) is 3.25. The maximum Gasteiger partial charge on any atom is 0.221 e. The van der Waals surface area contributed by atoms with Gasteiger partial charge in [0.1, 0.15) is 5.84 Å². The normalized spacial score (nSPS) is 15.3. The highest BCUT2D eigenvalue weighted by Gasteiger charge is 2.28. The lowest BCUT2D eigenvalue weighted by Gasteiger charge is -2.36. The van der Waals surface area contributed by atoms with Crippen molar-refractivity contribution in [2.24, 2.45) is 4.99 Å². The molecule has 1 amide bonds. The SMILES string of the molecule is CC(=O)Nc1ccc2c(c1)-c1ccccc1C1=NCCCN12. The van der Waals surface area contributed by atoms with Crippen LogP contribution in [0.25, 0.3) is 11.1 Å². The minimum absolute atomic E-state index is 0.0516. The largest absolute Gasteiger partial charge is 0.326 e. The zero-order valence-corrected chi connectivity index (χ0v) is 12.5. The first-order chi connectivity index (χ1) is 10.7. The molecular weight excluding hydrogens is 274 g/mol. The molecule has 0 fully saturated rings. The summed E-state index contributed by atoms with van der Waals surface area (Å²) in [6.45, 7) is 3.40. The van der Waals surface area contributed by atoms with E-state index < -0.39 is 0 Å². The van der Waals surface area contributed by atoms with Crippen molar-refractivity contribution in [3.8, 4) is 11.1 Å². The van der Waals surface area contributed by atoms with Gasteiger partial charge in [-0.05, 0) is 30.2 Å². The van der Waals surface area contributed by atoms with Gasteiger partial charge in [-0.15, -0.1) is 0 Å². The fraction of sp³-hybridized carbons (Fsp3) is 0.222. The quantitative estimate of drug-likeness (QED) is 0.876. The van der Waals surface area contributed by atoms with Gasteiger partial charge in [-0.25, -0.2) is 0 Å². The van der Waals surface area contributed by atoms with Crippen molar-refractivity contribution in [2.45, 2.75) is 13.3 Å². The minimum atomic E-state index is -0.0516. The number of carbonyl (C=O) groups is 1. The van der Waals surface area contributed by atoms with Crippen molar-refractivity contribution < 1.29 is 4.79 Å². The lowest BCUT2D eigenvalue weighted by Crippen LogP contribution is -2.39. The van der Waals surface area contributed by atoms with Crippen LogP contribution in [0.4, 0.5) is 11.4 Å². The first kappa shape index (κ1) is 13.1. The molecule has 0 atom stereocenters. The van der Waals surface area contributed by atoms with E-state index in [0.717, 1.165) is 36.6 Å². The molecule has 0 saturated carbocycles. The molecule has 0 radical (unpaired) electrons. The van der Waals surface area contributed by atoms with Crippen LogP contribution in [0.2, 0.25) is 0 Å². The summed E-state index contributed by atoms with van der Waals surface area (Å²) >= 11 is 0. The lowest BCUT2D eigenvalue weighted by molar-refractivity contribution is -0.114. The molecule has 2 heterocycles. The molecule has 2 aliphatic heterocycles. The van der Waals surface area contributed by atoms with Crippen molar-refractivity contribution in [1.82, 2.24) is 0 Å². The van der Waals surface area contributed by atoms with Crippen LogP contribution in [0.5, 0.6) is 0 Å². The van der Waals surface area contributed by atoms with Gasteiger partial charge in [-0.1, -0.05) is 24.3 Å². The van der Waals surface area contributed by atoms with E-state index in [1.165, 1.54) is 23.7 Å². The summed E-state index contributed by atoms with van der Waals surface area (Å²) in [6, 6.07) is 14.4. The molecule has 4 nitrogen and oxygen atoms in total. The monoisotopic (exact) mass is 291 g/mol. The van der Waals surface area contributed by atoms with Crippen LogP contribution in [0, 0.1) is 0 Å². The molecule has 0 aromatic heterocycles. The smallest absolute Gasteiger partial charge is 0.221 e. The Morgan fingerprint density at radius 3 is 2.77 bits per heavy atom. The number of hydrogen-bond donors (Lipinski definition) is 1. The molecule has 0 spiro atoms. The molecule has 0 saturated heterocycles. The first-order valence-corrected chi connectivity index (χ1v) is 7.57. The summed E-state index contributed by atoms with van der Waals surface area (Å²) in [7, 11) is 0. The molecule has 0 bridgehead atoms. The summed E-state index contributed by atoms with van der Waals surface area (Å²) in [5.74, 6) is 1.02. The number of fused-ring (bicyclic) bond motifs is 6. The number of anilines is 2. The standard InChI is InChI=1S/C18H17N3O/c1-12(22)20-13-7-8-17-16(11-13)14-5-2-3-6-15(14)18-19-9-4-10-21(17)18/h2-3,5-8,11H,4,9-10H2,1H3,(H,20,22). The molecule has 2 aromatic carbocycles. The topological polar surface area (TPSA) is 44.7 Å². The van der Waals surface area contributed by atoms with Crippen LogP contribution < -0.4 is 10.2 Å². The van der Waals surface area contributed by atoms with Gasteiger partial charge in [-0.3, -0.25) is 9.79 Å². The van der Waals surface area contributed by atoms with Crippen LogP contribution in [0.1, 0.15) is 18.9 Å². The summed E-state index contributed by atoms with van der Waals surface area (Å²) in [6.07, 6.45) is 1.07. The van der Waals surface area contributed by atoms with Crippen LogP contribution in [-0.2, 0) is 4.79 Å². The molecule has 110 valence electrons. The number of rotatable bonds is 1. The summed E-state index contributed by atoms with van der Waals surface area (Å²) < 4.78 is 0. The molecule has 0 unspecified atom stereocenters. The minimum Gasteiger partial charge on any atom is -0.326 e. The van der Waals surface area contributed by atoms with Crippen molar-refractivity contribution >= 4 is 23.1 Å². The van der Waals surface area contributed by atoms with Gasteiger partial charge in [0.25, 0.3) is 0 Å². The molecule has 4 heteroatoms. The van der Waals surface area contributed by atoms with Gasteiger partial charge in [-0.2, -0.15) is 0 Å². The van der Waals surface area contributed by atoms with Crippen LogP contribution in [0.15, 0.2) is 47.5 Å². The third-order valence-corrected chi connectivity index (χ3v) is 4.12. The van der Waals surface area contributed by atoms with Gasteiger partial charge in [0.15, 0.2) is 0 Å². The molecule has 2 aromatic rings. The van der Waals surface area contributed by atoms with Gasteiger partial charge in [0, 0.05) is 36.8 Å². The van der Waals surface area contributed by atoms with Gasteiger partial charge in [0.05, 0.1) is 5.69 Å². The number of amides is 1. The van der Waals surface area contributed by atoms with E-state index in [0.29, 0.717) is 0 Å². The highest BCUT2D eigenvalue weighted by atomic mass is 16.1. The molecule has 0 aliphatic carbocycles. The Kier molecular flexibility index (Phi) is 2.96. The Labute approximate surface area is 129 Å². The summed E-state index contributed by atoms with van der Waals surface area (Å²) in [4.78, 5) is 18.3. The third-order valence-electron chi connectivity index (χ3n) is 4.12. The molecule has 4 rings (SSSR count). The Hall–Kier alpha value is -2.62. The number of nitrogens with zero attached hydrogens (tertiary/aromatic N) is 2. The molecule has 22 heavy (non-hydrogen) atoms. The zero-order valence-electron chi connectivity index (χ0n) is 12.5. The van der Waals surface area contributed by atoms with Gasteiger partial charge < -0.3 is 10.2 Å². The summed E-state index contributed by atoms with van der Waals surface area (Å²) in [5, 5.41) is 2.87. The number of nitrogens with one attached hydrogen (secondary N) is 1. The molecular formula is C18H17N3O. The van der Waals surface area contributed by atoms with E-state index in [2.05, 4.69) is 40.5 Å². The highest BCUT2D eigenvalue weighted by molar-refractivity contribution is 6.19. The second kappa shape index (κ2) is 4.98. The van der Waals surface area contributed by atoms with E-state index in [9.17, 15) is 4.79 Å². The van der Waals surface area contributed by atoms with E-state index in [4.69, 9.17) is 4.99 Å². The maximum absolute atomic E-state index is 11.3. The number of hydrogen-bond acceptors (Lipinski definition) is 3. The van der Waals surface area contributed by atoms with E-state index in [-0.39, 0.29) is 5.91 Å². The second-order valence-corrected chi connectivity index (χ2v) is 5.67. The number of carbonyl (C=O) groups excluding carboxylic acids is 1. The second-order valence-electron chi connectivity index (χ2n) is 5.67. The predicted octanol–water partition coefficient (Wildman–Crippen LogP) is 3.28. The highest BCUT2D eigenvalue weighted by Crippen LogP contribution is 2.41. The van der Waals surface area contributed by atoms with Crippen molar-refractivity contribution in [3.05, 3.63) is 48.0 Å². The van der Waals surface area contributed by atoms with Crippen molar-refractivity contribution in [2.75, 3.05) is 23.3 Å². The van der Waals surface area contributed by atoms with E-state index in [1.807, 2.05) is 12.1 Å².